The molecule has 1 aliphatic rings. The molecule has 1 aromatic rings. The lowest BCUT2D eigenvalue weighted by molar-refractivity contribution is 0.110. The molecule has 1 N–H and O–H groups in total. The van der Waals surface area contributed by atoms with Crippen LogP contribution < -0.4 is 0 Å². The fourth-order valence-electron chi connectivity index (χ4n) is 1.81. The van der Waals surface area contributed by atoms with E-state index in [-0.39, 0.29) is 11.5 Å². The maximum atomic E-state index is 9.58. The third kappa shape index (κ3) is 1.73. The highest BCUT2D eigenvalue weighted by molar-refractivity contribution is 5.15. The molecule has 0 radical (unpaired) electrons. The average molecular weight is 177 g/mol. The fourth-order valence-corrected chi connectivity index (χ4v) is 1.81. The number of aliphatic hydroxyl groups excluding tert-OH is 1. The normalized spacial score (nSPS) is 21.1. The molecule has 2 rings (SSSR count). The quantitative estimate of drug-likeness (QED) is 0.763. The second-order valence-corrected chi connectivity index (χ2v) is 4.08. The fraction of sp³-hybridized carbons (Fsp3) is 0.545. The monoisotopic (exact) mass is 177 g/mol. The first kappa shape index (κ1) is 8.70. The van der Waals surface area contributed by atoms with Crippen molar-refractivity contribution in [2.24, 2.45) is 5.41 Å². The third-order valence-electron chi connectivity index (χ3n) is 3.06. The van der Waals surface area contributed by atoms with Gasteiger partial charge in [-0.05, 0) is 37.8 Å². The van der Waals surface area contributed by atoms with Gasteiger partial charge in [0.2, 0.25) is 0 Å². The topological polar surface area (TPSA) is 33.1 Å². The Hall–Kier alpha value is -0.890. The van der Waals surface area contributed by atoms with Crippen LogP contribution in [0.1, 0.15) is 25.3 Å². The summed E-state index contributed by atoms with van der Waals surface area (Å²) in [5, 5.41) is 9.58. The summed E-state index contributed by atoms with van der Waals surface area (Å²) < 4.78 is 0. The Morgan fingerprint density at radius 1 is 1.62 bits per heavy atom. The molecule has 0 spiro atoms. The van der Waals surface area contributed by atoms with Crippen LogP contribution in [0.4, 0.5) is 0 Å². The van der Waals surface area contributed by atoms with Gasteiger partial charge in [-0.1, -0.05) is 6.07 Å². The molecule has 1 atom stereocenters. The van der Waals surface area contributed by atoms with E-state index in [1.165, 1.54) is 5.56 Å². The van der Waals surface area contributed by atoms with E-state index in [1.807, 2.05) is 19.2 Å². The third-order valence-corrected chi connectivity index (χ3v) is 3.06. The number of aromatic nitrogens is 1. The van der Waals surface area contributed by atoms with Crippen molar-refractivity contribution in [3.05, 3.63) is 30.1 Å². The van der Waals surface area contributed by atoms with Crippen molar-refractivity contribution in [1.29, 1.82) is 0 Å². The molecule has 0 saturated heterocycles. The Labute approximate surface area is 78.6 Å². The van der Waals surface area contributed by atoms with Gasteiger partial charge >= 0.3 is 0 Å². The van der Waals surface area contributed by atoms with Gasteiger partial charge in [0.25, 0.3) is 0 Å². The maximum Gasteiger partial charge on any atom is 0.0571 e. The Balaban J connectivity index is 2.07. The zero-order chi connectivity index (χ0) is 9.31. The number of aliphatic hydroxyl groups is 1. The zero-order valence-electron chi connectivity index (χ0n) is 7.90. The van der Waals surface area contributed by atoms with E-state index in [0.29, 0.717) is 0 Å². The molecule has 1 heterocycles. The Morgan fingerprint density at radius 2 is 2.38 bits per heavy atom. The highest BCUT2D eigenvalue weighted by Crippen LogP contribution is 2.51. The summed E-state index contributed by atoms with van der Waals surface area (Å²) in [6, 6.07) is 4.03. The summed E-state index contributed by atoms with van der Waals surface area (Å²) >= 11 is 0. The Morgan fingerprint density at radius 3 is 2.85 bits per heavy atom. The van der Waals surface area contributed by atoms with E-state index in [4.69, 9.17) is 0 Å². The van der Waals surface area contributed by atoms with Crippen LogP contribution in [-0.4, -0.2) is 16.2 Å². The molecular weight excluding hydrogens is 162 g/mol. The first-order chi connectivity index (χ1) is 6.23. The minimum Gasteiger partial charge on any atom is -0.393 e. The van der Waals surface area contributed by atoms with E-state index >= 15 is 0 Å². The molecule has 0 aromatic carbocycles. The molecular formula is C11H15NO. The molecule has 0 bridgehead atoms. The van der Waals surface area contributed by atoms with Crippen LogP contribution in [0.3, 0.4) is 0 Å². The number of pyridine rings is 1. The number of hydrogen-bond acceptors (Lipinski definition) is 2. The van der Waals surface area contributed by atoms with Gasteiger partial charge in [0.1, 0.15) is 0 Å². The first-order valence-corrected chi connectivity index (χ1v) is 4.80. The minimum absolute atomic E-state index is 0.170. The molecule has 1 fully saturated rings. The molecule has 0 amide bonds. The number of nitrogens with zero attached hydrogens (tertiary/aromatic N) is 1. The standard InChI is InChI=1S/C11H15NO/c1-9(13)11(4-5-11)7-10-3-2-6-12-8-10/h2-3,6,8-9,13H,4-5,7H2,1H3. The van der Waals surface area contributed by atoms with Crippen LogP contribution in [-0.2, 0) is 6.42 Å². The number of hydrogen-bond donors (Lipinski definition) is 1. The predicted octanol–water partition coefficient (Wildman–Crippen LogP) is 1.79. The maximum absolute atomic E-state index is 9.58. The van der Waals surface area contributed by atoms with Crippen molar-refractivity contribution in [3.8, 4) is 0 Å². The summed E-state index contributed by atoms with van der Waals surface area (Å²) in [6.07, 6.45) is 6.76. The lowest BCUT2D eigenvalue weighted by Crippen LogP contribution is -2.20. The van der Waals surface area contributed by atoms with Crippen LogP contribution in [0.2, 0.25) is 0 Å². The second-order valence-electron chi connectivity index (χ2n) is 4.08. The van der Waals surface area contributed by atoms with Gasteiger partial charge in [0, 0.05) is 17.8 Å². The summed E-state index contributed by atoms with van der Waals surface area (Å²) in [6.45, 7) is 1.89. The van der Waals surface area contributed by atoms with Crippen molar-refractivity contribution < 1.29 is 5.11 Å². The lowest BCUT2D eigenvalue weighted by atomic mass is 9.92. The molecule has 1 saturated carbocycles. The first-order valence-electron chi connectivity index (χ1n) is 4.80. The van der Waals surface area contributed by atoms with Crippen LogP contribution >= 0.6 is 0 Å². The summed E-state index contributed by atoms with van der Waals surface area (Å²) in [5.74, 6) is 0. The largest absolute Gasteiger partial charge is 0.393 e. The van der Waals surface area contributed by atoms with Gasteiger partial charge in [-0.15, -0.1) is 0 Å². The van der Waals surface area contributed by atoms with Crippen molar-refractivity contribution in [2.45, 2.75) is 32.3 Å². The highest BCUT2D eigenvalue weighted by atomic mass is 16.3. The van der Waals surface area contributed by atoms with Gasteiger partial charge in [0.15, 0.2) is 0 Å². The number of rotatable bonds is 3. The molecule has 1 aromatic heterocycles. The molecule has 2 nitrogen and oxygen atoms in total. The van der Waals surface area contributed by atoms with E-state index < -0.39 is 0 Å². The average Bonchev–Trinajstić information content (AvgIpc) is 2.87. The molecule has 1 unspecified atom stereocenters. The lowest BCUT2D eigenvalue weighted by Gasteiger charge is -2.17. The highest BCUT2D eigenvalue weighted by Gasteiger charge is 2.46. The van der Waals surface area contributed by atoms with E-state index in [2.05, 4.69) is 11.1 Å². The second kappa shape index (κ2) is 3.11. The zero-order valence-corrected chi connectivity index (χ0v) is 7.90. The van der Waals surface area contributed by atoms with E-state index in [1.54, 1.807) is 6.20 Å². The van der Waals surface area contributed by atoms with Crippen molar-refractivity contribution in [1.82, 2.24) is 4.98 Å². The Kier molecular flexibility index (Phi) is 2.08. The van der Waals surface area contributed by atoms with E-state index in [9.17, 15) is 5.11 Å². The van der Waals surface area contributed by atoms with E-state index in [0.717, 1.165) is 19.3 Å². The van der Waals surface area contributed by atoms with Crippen molar-refractivity contribution >= 4 is 0 Å². The Bertz CT molecular complexity index is 277. The van der Waals surface area contributed by atoms with Crippen LogP contribution in [0.15, 0.2) is 24.5 Å². The van der Waals surface area contributed by atoms with Gasteiger partial charge < -0.3 is 5.11 Å². The van der Waals surface area contributed by atoms with Crippen LogP contribution in [0.5, 0.6) is 0 Å². The molecule has 70 valence electrons. The van der Waals surface area contributed by atoms with Crippen molar-refractivity contribution in [2.75, 3.05) is 0 Å². The minimum atomic E-state index is -0.187. The summed E-state index contributed by atoms with van der Waals surface area (Å²) in [5.41, 5.74) is 1.41. The van der Waals surface area contributed by atoms with Gasteiger partial charge in [0.05, 0.1) is 6.10 Å². The molecule has 13 heavy (non-hydrogen) atoms. The summed E-state index contributed by atoms with van der Waals surface area (Å²) in [7, 11) is 0. The molecule has 0 aliphatic heterocycles. The van der Waals surface area contributed by atoms with Gasteiger partial charge in [-0.2, -0.15) is 0 Å². The SMILES string of the molecule is CC(O)C1(Cc2cccnc2)CC1. The van der Waals surface area contributed by atoms with Gasteiger partial charge in [-0.3, -0.25) is 4.98 Å². The van der Waals surface area contributed by atoms with Crippen LogP contribution in [0.25, 0.3) is 0 Å². The van der Waals surface area contributed by atoms with Crippen molar-refractivity contribution in [3.63, 3.8) is 0 Å². The molecule has 1 aliphatic carbocycles. The van der Waals surface area contributed by atoms with Crippen LogP contribution in [0, 0.1) is 5.41 Å². The smallest absolute Gasteiger partial charge is 0.0571 e. The predicted molar refractivity (Wildman–Crippen MR) is 51.3 cm³/mol. The molecule has 2 heteroatoms. The van der Waals surface area contributed by atoms with Gasteiger partial charge in [-0.25, -0.2) is 0 Å². The summed E-state index contributed by atoms with van der Waals surface area (Å²) in [4.78, 5) is 4.07.